The summed E-state index contributed by atoms with van der Waals surface area (Å²) in [5.74, 6) is 0. The molecule has 0 aliphatic rings. The van der Waals surface area contributed by atoms with Crippen LogP contribution in [0.2, 0.25) is 0 Å². The van der Waals surface area contributed by atoms with Crippen molar-refractivity contribution in [2.45, 2.75) is 31.9 Å². The number of aliphatic hydroxyl groups is 1. The maximum absolute atomic E-state index is 12.3. The van der Waals surface area contributed by atoms with Gasteiger partial charge in [0, 0.05) is 12.7 Å². The zero-order valence-corrected chi connectivity index (χ0v) is 12.9. The lowest BCUT2D eigenvalue weighted by Crippen LogP contribution is -2.28. The average Bonchev–Trinajstić information content (AvgIpc) is 2.84. The van der Waals surface area contributed by atoms with Gasteiger partial charge in [0.25, 0.3) is 0 Å². The number of rotatable bonds is 6. The highest BCUT2D eigenvalue weighted by Gasteiger charge is 2.16. The molecule has 1 heterocycles. The van der Waals surface area contributed by atoms with Crippen LogP contribution in [-0.2, 0) is 23.2 Å². The summed E-state index contributed by atoms with van der Waals surface area (Å²) in [5, 5.41) is 13.2. The maximum Gasteiger partial charge on any atom is 0.240 e. The molecule has 0 bridgehead atoms. The maximum atomic E-state index is 12.3. The predicted octanol–water partition coefficient (Wildman–Crippen LogP) is 0.971. The molecule has 1 aromatic carbocycles. The molecule has 0 spiro atoms. The summed E-state index contributed by atoms with van der Waals surface area (Å²) < 4.78 is 28.8. The van der Waals surface area contributed by atoms with Gasteiger partial charge in [-0.2, -0.15) is 5.10 Å². The summed E-state index contributed by atoms with van der Waals surface area (Å²) in [7, 11) is -3.59. The van der Waals surface area contributed by atoms with Crippen LogP contribution in [-0.4, -0.2) is 29.8 Å². The molecule has 2 aromatic rings. The van der Waals surface area contributed by atoms with E-state index in [9.17, 15) is 8.42 Å². The van der Waals surface area contributed by atoms with E-state index in [0.29, 0.717) is 17.7 Å². The summed E-state index contributed by atoms with van der Waals surface area (Å²) in [6.45, 7) is 4.19. The molecule has 6 nitrogen and oxygen atoms in total. The number of aliphatic hydroxyl groups excluding tert-OH is 1. The van der Waals surface area contributed by atoms with Crippen LogP contribution in [0.3, 0.4) is 0 Å². The Labute approximate surface area is 124 Å². The van der Waals surface area contributed by atoms with Gasteiger partial charge in [-0.3, -0.25) is 4.68 Å². The van der Waals surface area contributed by atoms with E-state index in [1.807, 2.05) is 13.1 Å². The van der Waals surface area contributed by atoms with E-state index in [4.69, 9.17) is 5.11 Å². The molecule has 0 saturated heterocycles. The van der Waals surface area contributed by atoms with Crippen molar-refractivity contribution in [2.24, 2.45) is 0 Å². The Balaban J connectivity index is 2.07. The molecule has 0 aliphatic heterocycles. The summed E-state index contributed by atoms with van der Waals surface area (Å²) >= 11 is 0. The van der Waals surface area contributed by atoms with Gasteiger partial charge in [0.15, 0.2) is 0 Å². The first-order chi connectivity index (χ1) is 9.92. The van der Waals surface area contributed by atoms with Crippen molar-refractivity contribution in [1.29, 1.82) is 0 Å². The van der Waals surface area contributed by atoms with Gasteiger partial charge in [-0.1, -0.05) is 12.1 Å². The Kier molecular flexibility index (Phi) is 4.76. The standard InChI is InChI=1S/C14H19N3O3S/c1-11-8-15-17(9-11)6-5-16-21(19,20)14-7-13(10-18)4-3-12(14)2/h3-4,7-9,16,18H,5-6,10H2,1-2H3. The first-order valence-electron chi connectivity index (χ1n) is 6.61. The fourth-order valence-corrected chi connectivity index (χ4v) is 3.31. The fraction of sp³-hybridized carbons (Fsp3) is 0.357. The second kappa shape index (κ2) is 6.38. The van der Waals surface area contributed by atoms with Crippen LogP contribution in [0.1, 0.15) is 16.7 Å². The van der Waals surface area contributed by atoms with E-state index in [1.165, 1.54) is 6.07 Å². The van der Waals surface area contributed by atoms with Crippen LogP contribution in [0.4, 0.5) is 0 Å². The van der Waals surface area contributed by atoms with Gasteiger partial charge in [-0.05, 0) is 36.6 Å². The third-order valence-electron chi connectivity index (χ3n) is 3.12. The Morgan fingerprint density at radius 1 is 1.33 bits per heavy atom. The third-order valence-corrected chi connectivity index (χ3v) is 4.72. The molecule has 114 valence electrons. The normalized spacial score (nSPS) is 11.8. The van der Waals surface area contributed by atoms with Gasteiger partial charge < -0.3 is 5.11 Å². The van der Waals surface area contributed by atoms with Gasteiger partial charge in [0.05, 0.1) is 24.2 Å². The van der Waals surface area contributed by atoms with E-state index in [2.05, 4.69) is 9.82 Å². The van der Waals surface area contributed by atoms with Crippen molar-refractivity contribution < 1.29 is 13.5 Å². The lowest BCUT2D eigenvalue weighted by Gasteiger charge is -2.10. The van der Waals surface area contributed by atoms with E-state index in [-0.39, 0.29) is 18.0 Å². The van der Waals surface area contributed by atoms with E-state index >= 15 is 0 Å². The van der Waals surface area contributed by atoms with Gasteiger partial charge in [-0.25, -0.2) is 13.1 Å². The van der Waals surface area contributed by atoms with Crippen molar-refractivity contribution in [1.82, 2.24) is 14.5 Å². The van der Waals surface area contributed by atoms with Gasteiger partial charge >= 0.3 is 0 Å². The van der Waals surface area contributed by atoms with Crippen LogP contribution >= 0.6 is 0 Å². The van der Waals surface area contributed by atoms with Crippen LogP contribution in [0.15, 0.2) is 35.5 Å². The third kappa shape index (κ3) is 3.90. The van der Waals surface area contributed by atoms with E-state index in [1.54, 1.807) is 29.9 Å². The number of aryl methyl sites for hydroxylation is 2. The molecule has 2 rings (SSSR count). The topological polar surface area (TPSA) is 84.2 Å². The summed E-state index contributed by atoms with van der Waals surface area (Å²) in [6.07, 6.45) is 3.58. The highest BCUT2D eigenvalue weighted by molar-refractivity contribution is 7.89. The Bertz CT molecular complexity index is 723. The molecule has 1 aromatic heterocycles. The molecule has 0 radical (unpaired) electrons. The van der Waals surface area contributed by atoms with Crippen LogP contribution in [0, 0.1) is 13.8 Å². The zero-order valence-electron chi connectivity index (χ0n) is 12.1. The number of sulfonamides is 1. The smallest absolute Gasteiger partial charge is 0.240 e. The van der Waals surface area contributed by atoms with Crippen LogP contribution in [0.25, 0.3) is 0 Å². The number of aromatic nitrogens is 2. The van der Waals surface area contributed by atoms with Crippen molar-refractivity contribution in [2.75, 3.05) is 6.54 Å². The number of nitrogens with zero attached hydrogens (tertiary/aromatic N) is 2. The molecular formula is C14H19N3O3S. The molecule has 0 fully saturated rings. The quantitative estimate of drug-likeness (QED) is 0.833. The Morgan fingerprint density at radius 2 is 2.10 bits per heavy atom. The minimum absolute atomic E-state index is 0.185. The molecule has 0 amide bonds. The second-order valence-electron chi connectivity index (χ2n) is 4.94. The van der Waals surface area contributed by atoms with Crippen LogP contribution in [0.5, 0.6) is 0 Å². The number of hydrogen-bond donors (Lipinski definition) is 2. The molecule has 2 N–H and O–H groups in total. The summed E-state index contributed by atoms with van der Waals surface area (Å²) in [4.78, 5) is 0.200. The van der Waals surface area contributed by atoms with E-state index in [0.717, 1.165) is 5.56 Å². The lowest BCUT2D eigenvalue weighted by atomic mass is 10.2. The minimum Gasteiger partial charge on any atom is -0.392 e. The average molecular weight is 309 g/mol. The number of benzene rings is 1. The lowest BCUT2D eigenvalue weighted by molar-refractivity contribution is 0.281. The Hall–Kier alpha value is -1.70. The summed E-state index contributed by atoms with van der Waals surface area (Å²) in [6, 6.07) is 4.90. The van der Waals surface area contributed by atoms with Crippen molar-refractivity contribution in [3.63, 3.8) is 0 Å². The molecule has 21 heavy (non-hydrogen) atoms. The second-order valence-corrected chi connectivity index (χ2v) is 6.67. The molecule has 0 saturated carbocycles. The number of hydrogen-bond acceptors (Lipinski definition) is 4. The van der Waals surface area contributed by atoms with Gasteiger partial charge in [-0.15, -0.1) is 0 Å². The van der Waals surface area contributed by atoms with Crippen LogP contribution < -0.4 is 4.72 Å². The molecule has 0 aliphatic carbocycles. The largest absolute Gasteiger partial charge is 0.392 e. The van der Waals surface area contributed by atoms with Crippen molar-refractivity contribution in [3.05, 3.63) is 47.3 Å². The minimum atomic E-state index is -3.59. The highest BCUT2D eigenvalue weighted by atomic mass is 32.2. The Morgan fingerprint density at radius 3 is 2.71 bits per heavy atom. The van der Waals surface area contributed by atoms with Gasteiger partial charge in [0.1, 0.15) is 0 Å². The highest BCUT2D eigenvalue weighted by Crippen LogP contribution is 2.17. The number of nitrogens with one attached hydrogen (secondary N) is 1. The first-order valence-corrected chi connectivity index (χ1v) is 8.10. The monoisotopic (exact) mass is 309 g/mol. The predicted molar refractivity (Wildman–Crippen MR) is 79.3 cm³/mol. The zero-order chi connectivity index (χ0) is 15.5. The fourth-order valence-electron chi connectivity index (χ4n) is 1.99. The molecular weight excluding hydrogens is 290 g/mol. The van der Waals surface area contributed by atoms with Gasteiger partial charge in [0.2, 0.25) is 10.0 Å². The SMILES string of the molecule is Cc1cnn(CCNS(=O)(=O)c2cc(CO)ccc2C)c1. The molecule has 7 heteroatoms. The molecule has 0 unspecified atom stereocenters. The van der Waals surface area contributed by atoms with E-state index < -0.39 is 10.0 Å². The van der Waals surface area contributed by atoms with Crippen molar-refractivity contribution in [3.8, 4) is 0 Å². The molecule has 0 atom stereocenters. The summed E-state index contributed by atoms with van der Waals surface area (Å²) in [5.41, 5.74) is 2.25. The first kappa shape index (κ1) is 15.7. The van der Waals surface area contributed by atoms with Crippen molar-refractivity contribution >= 4 is 10.0 Å².